The fraction of sp³-hybridized carbons (Fsp3) is 0.333. The van der Waals surface area contributed by atoms with E-state index in [1.807, 2.05) is 24.3 Å². The van der Waals surface area contributed by atoms with Crippen LogP contribution >= 0.6 is 28.3 Å². The van der Waals surface area contributed by atoms with Gasteiger partial charge < -0.3 is 10.4 Å². The Kier molecular flexibility index (Phi) is 3.35. The van der Waals surface area contributed by atoms with Crippen LogP contribution in [-0.2, 0) is 5.60 Å². The summed E-state index contributed by atoms with van der Waals surface area (Å²) in [7, 11) is 0. The van der Waals surface area contributed by atoms with E-state index in [9.17, 15) is 5.11 Å². The summed E-state index contributed by atoms with van der Waals surface area (Å²) in [5, 5.41) is 13.0. The van der Waals surface area contributed by atoms with Crippen LogP contribution in [0.1, 0.15) is 5.56 Å². The lowest BCUT2D eigenvalue weighted by molar-refractivity contribution is -0.0153. The monoisotopic (exact) mass is 263 g/mol. The van der Waals surface area contributed by atoms with Crippen molar-refractivity contribution in [3.05, 3.63) is 34.3 Å². The number of rotatable bonds is 1. The van der Waals surface area contributed by atoms with Crippen molar-refractivity contribution < 1.29 is 5.11 Å². The molecule has 1 aromatic carbocycles. The highest BCUT2D eigenvalue weighted by Crippen LogP contribution is 2.30. The predicted molar refractivity (Wildman–Crippen MR) is 58.2 cm³/mol. The molecule has 2 nitrogen and oxygen atoms in total. The molecule has 1 fully saturated rings. The first kappa shape index (κ1) is 11.0. The van der Waals surface area contributed by atoms with Gasteiger partial charge >= 0.3 is 0 Å². The molecule has 2 rings (SSSR count). The van der Waals surface area contributed by atoms with Gasteiger partial charge in [-0.25, -0.2) is 0 Å². The molecule has 0 unspecified atom stereocenters. The minimum atomic E-state index is -0.653. The normalized spacial score (nSPS) is 18.6. The van der Waals surface area contributed by atoms with Crippen molar-refractivity contribution >= 4 is 28.3 Å². The summed E-state index contributed by atoms with van der Waals surface area (Å²) in [6.45, 7) is 1.30. The topological polar surface area (TPSA) is 32.3 Å². The average molecular weight is 265 g/mol. The fourth-order valence-electron chi connectivity index (χ4n) is 1.39. The van der Waals surface area contributed by atoms with E-state index in [2.05, 4.69) is 21.2 Å². The SMILES string of the molecule is Cl.OC1(c2ccccc2Br)CNC1. The lowest BCUT2D eigenvalue weighted by Crippen LogP contribution is -2.56. The second-order valence-corrected chi connectivity index (χ2v) is 3.97. The number of benzene rings is 1. The van der Waals surface area contributed by atoms with Gasteiger partial charge in [0.2, 0.25) is 0 Å². The van der Waals surface area contributed by atoms with Gasteiger partial charge in [-0.2, -0.15) is 0 Å². The van der Waals surface area contributed by atoms with Gasteiger partial charge in [-0.05, 0) is 6.07 Å². The first-order chi connectivity index (χ1) is 5.72. The second kappa shape index (κ2) is 3.96. The van der Waals surface area contributed by atoms with Crippen LogP contribution in [0, 0.1) is 0 Å². The lowest BCUT2D eigenvalue weighted by Gasteiger charge is -2.38. The molecule has 72 valence electrons. The zero-order valence-electron chi connectivity index (χ0n) is 6.96. The van der Waals surface area contributed by atoms with Crippen LogP contribution in [0.2, 0.25) is 0 Å². The zero-order valence-corrected chi connectivity index (χ0v) is 9.36. The van der Waals surface area contributed by atoms with Crippen molar-refractivity contribution in [1.82, 2.24) is 5.32 Å². The molecule has 0 aromatic heterocycles. The van der Waals surface area contributed by atoms with E-state index in [-0.39, 0.29) is 12.4 Å². The van der Waals surface area contributed by atoms with Crippen molar-refractivity contribution in [3.63, 3.8) is 0 Å². The van der Waals surface area contributed by atoms with Gasteiger partial charge in [-0.1, -0.05) is 34.1 Å². The fourth-order valence-corrected chi connectivity index (χ4v) is 2.04. The predicted octanol–water partition coefficient (Wildman–Crippen LogP) is 1.66. The van der Waals surface area contributed by atoms with Gasteiger partial charge in [0.05, 0.1) is 0 Å². The van der Waals surface area contributed by atoms with E-state index in [4.69, 9.17) is 0 Å². The third-order valence-corrected chi connectivity index (χ3v) is 2.90. The third kappa shape index (κ3) is 1.89. The summed E-state index contributed by atoms with van der Waals surface area (Å²) >= 11 is 3.42. The van der Waals surface area contributed by atoms with Gasteiger partial charge in [-0.3, -0.25) is 0 Å². The van der Waals surface area contributed by atoms with Crippen LogP contribution in [0.4, 0.5) is 0 Å². The van der Waals surface area contributed by atoms with Crippen molar-refractivity contribution in [2.24, 2.45) is 0 Å². The first-order valence-electron chi connectivity index (χ1n) is 3.90. The molecule has 1 saturated heterocycles. The molecule has 1 aromatic rings. The molecule has 1 aliphatic heterocycles. The molecular weight excluding hydrogens is 253 g/mol. The number of aliphatic hydroxyl groups is 1. The molecule has 1 aliphatic rings. The summed E-state index contributed by atoms with van der Waals surface area (Å²) in [4.78, 5) is 0. The molecule has 0 atom stereocenters. The van der Waals surface area contributed by atoms with Crippen LogP contribution in [0.3, 0.4) is 0 Å². The van der Waals surface area contributed by atoms with E-state index >= 15 is 0 Å². The quantitative estimate of drug-likeness (QED) is 0.809. The van der Waals surface area contributed by atoms with Crippen LogP contribution in [0.5, 0.6) is 0 Å². The molecule has 0 amide bonds. The van der Waals surface area contributed by atoms with Gasteiger partial charge in [0.25, 0.3) is 0 Å². The molecule has 0 radical (unpaired) electrons. The first-order valence-corrected chi connectivity index (χ1v) is 4.70. The summed E-state index contributed by atoms with van der Waals surface area (Å²) in [6, 6.07) is 7.79. The molecule has 4 heteroatoms. The smallest absolute Gasteiger partial charge is 0.115 e. The molecular formula is C9H11BrClNO. The lowest BCUT2D eigenvalue weighted by atomic mass is 9.88. The van der Waals surface area contributed by atoms with E-state index in [1.165, 1.54) is 0 Å². The molecule has 0 bridgehead atoms. The van der Waals surface area contributed by atoms with Crippen LogP contribution in [-0.4, -0.2) is 18.2 Å². The van der Waals surface area contributed by atoms with Crippen molar-refractivity contribution in [2.75, 3.05) is 13.1 Å². The largest absolute Gasteiger partial charge is 0.382 e. The second-order valence-electron chi connectivity index (χ2n) is 3.11. The number of β-amino-alcohol motifs (C(OH)–C–C–N with tert-alkyl or cyclic N) is 1. The van der Waals surface area contributed by atoms with E-state index in [0.29, 0.717) is 13.1 Å². The Hall–Kier alpha value is -0.0900. The van der Waals surface area contributed by atoms with Crippen LogP contribution in [0.25, 0.3) is 0 Å². The molecule has 2 N–H and O–H groups in total. The van der Waals surface area contributed by atoms with E-state index in [1.54, 1.807) is 0 Å². The standard InChI is InChI=1S/C9H10BrNO.ClH/c10-8-4-2-1-3-7(8)9(12)5-11-6-9;/h1-4,11-12H,5-6H2;1H. The number of hydrogen-bond acceptors (Lipinski definition) is 2. The molecule has 0 spiro atoms. The highest BCUT2D eigenvalue weighted by Gasteiger charge is 2.37. The van der Waals surface area contributed by atoms with E-state index < -0.39 is 5.60 Å². The number of halogens is 2. The summed E-state index contributed by atoms with van der Waals surface area (Å²) in [5.74, 6) is 0. The van der Waals surface area contributed by atoms with Crippen molar-refractivity contribution in [1.29, 1.82) is 0 Å². The zero-order chi connectivity index (χ0) is 8.60. The molecule has 1 heterocycles. The molecule has 0 saturated carbocycles. The van der Waals surface area contributed by atoms with Crippen molar-refractivity contribution in [3.8, 4) is 0 Å². The maximum atomic E-state index is 9.97. The number of nitrogens with one attached hydrogen (secondary N) is 1. The van der Waals surface area contributed by atoms with Crippen LogP contribution < -0.4 is 5.32 Å². The van der Waals surface area contributed by atoms with Crippen LogP contribution in [0.15, 0.2) is 28.7 Å². The Labute approximate surface area is 91.9 Å². The molecule has 13 heavy (non-hydrogen) atoms. The van der Waals surface area contributed by atoms with Gasteiger partial charge in [0.1, 0.15) is 5.60 Å². The maximum Gasteiger partial charge on any atom is 0.115 e. The highest BCUT2D eigenvalue weighted by molar-refractivity contribution is 9.10. The van der Waals surface area contributed by atoms with E-state index in [0.717, 1.165) is 10.0 Å². The minimum Gasteiger partial charge on any atom is -0.382 e. The Balaban J connectivity index is 0.000000845. The highest BCUT2D eigenvalue weighted by atomic mass is 79.9. The Morgan fingerprint density at radius 1 is 1.31 bits per heavy atom. The third-order valence-electron chi connectivity index (χ3n) is 2.21. The maximum absolute atomic E-state index is 9.97. The summed E-state index contributed by atoms with van der Waals surface area (Å²) in [6.07, 6.45) is 0. The number of hydrogen-bond donors (Lipinski definition) is 2. The molecule has 0 aliphatic carbocycles. The summed E-state index contributed by atoms with van der Waals surface area (Å²) in [5.41, 5.74) is 0.323. The van der Waals surface area contributed by atoms with Crippen molar-refractivity contribution in [2.45, 2.75) is 5.60 Å². The van der Waals surface area contributed by atoms with Gasteiger partial charge in [0.15, 0.2) is 0 Å². The summed E-state index contributed by atoms with van der Waals surface area (Å²) < 4.78 is 0.981. The Morgan fingerprint density at radius 3 is 2.38 bits per heavy atom. The van der Waals surface area contributed by atoms with Gasteiger partial charge in [-0.15, -0.1) is 12.4 Å². The van der Waals surface area contributed by atoms with Gasteiger partial charge in [0, 0.05) is 23.1 Å². The Bertz CT molecular complexity index is 301. The average Bonchev–Trinajstić information content (AvgIpc) is 2.01. The minimum absolute atomic E-state index is 0. The Morgan fingerprint density at radius 2 is 1.92 bits per heavy atom.